The summed E-state index contributed by atoms with van der Waals surface area (Å²) in [6.07, 6.45) is 0.0756. The number of nitrogens with one attached hydrogen (secondary N) is 2. The van der Waals surface area contributed by atoms with Crippen LogP contribution >= 0.6 is 15.9 Å². The molecule has 0 atom stereocenters. The highest BCUT2D eigenvalue weighted by Gasteiger charge is 2.09. The highest BCUT2D eigenvalue weighted by Crippen LogP contribution is 2.32. The van der Waals surface area contributed by atoms with Gasteiger partial charge in [-0.05, 0) is 51.8 Å². The summed E-state index contributed by atoms with van der Waals surface area (Å²) in [5, 5.41) is 8.80. The van der Waals surface area contributed by atoms with Crippen LogP contribution < -0.4 is 15.5 Å². The van der Waals surface area contributed by atoms with Crippen LogP contribution in [-0.4, -0.2) is 24.1 Å². The van der Waals surface area contributed by atoms with E-state index in [0.29, 0.717) is 17.1 Å². The van der Waals surface area contributed by atoms with Crippen molar-refractivity contribution in [2.75, 3.05) is 11.9 Å². The van der Waals surface area contributed by atoms with Crippen LogP contribution in [0.5, 0.6) is 5.75 Å². The Morgan fingerprint density at radius 3 is 2.48 bits per heavy atom. The third-order valence-corrected chi connectivity index (χ3v) is 4.85. The van der Waals surface area contributed by atoms with Crippen LogP contribution in [0.15, 0.2) is 76.3 Å². The zero-order valence-electron chi connectivity index (χ0n) is 15.8. The maximum atomic E-state index is 12.0. The maximum absolute atomic E-state index is 12.0. The largest absolute Gasteiger partial charge is 0.483 e. The average Bonchev–Trinajstić information content (AvgIpc) is 2.72. The minimum absolute atomic E-state index is 0.0756. The molecular weight excluding hydrogens is 434 g/mol. The fraction of sp³-hybridized carbons (Fsp3) is 0.136. The summed E-state index contributed by atoms with van der Waals surface area (Å²) in [5.41, 5.74) is 3.60. The molecule has 7 heteroatoms. The van der Waals surface area contributed by atoms with Gasteiger partial charge in [0.15, 0.2) is 6.61 Å². The van der Waals surface area contributed by atoms with E-state index >= 15 is 0 Å². The number of carbonyl (C=O) groups excluding carboxylic acids is 2. The molecule has 2 amide bonds. The first kappa shape index (κ1) is 20.5. The molecule has 0 aliphatic carbocycles. The molecule has 0 saturated carbocycles. The maximum Gasteiger partial charge on any atom is 0.277 e. The van der Waals surface area contributed by atoms with Crippen LogP contribution in [0.2, 0.25) is 0 Å². The van der Waals surface area contributed by atoms with Gasteiger partial charge < -0.3 is 10.1 Å². The van der Waals surface area contributed by atoms with E-state index in [1.54, 1.807) is 19.1 Å². The van der Waals surface area contributed by atoms with Gasteiger partial charge in [-0.3, -0.25) is 9.59 Å². The van der Waals surface area contributed by atoms with Crippen molar-refractivity contribution >= 4 is 49.9 Å². The molecular formula is C22H20BrN3O3. The summed E-state index contributed by atoms with van der Waals surface area (Å²) in [6.45, 7) is 1.48. The molecule has 29 heavy (non-hydrogen) atoms. The Labute approximate surface area is 177 Å². The van der Waals surface area contributed by atoms with Crippen molar-refractivity contribution in [2.24, 2.45) is 5.10 Å². The number of fused-ring (bicyclic) bond motifs is 1. The van der Waals surface area contributed by atoms with Crippen molar-refractivity contribution in [1.29, 1.82) is 0 Å². The zero-order chi connectivity index (χ0) is 20.6. The van der Waals surface area contributed by atoms with E-state index in [-0.39, 0.29) is 18.9 Å². The Morgan fingerprint density at radius 1 is 0.966 bits per heavy atom. The summed E-state index contributed by atoms with van der Waals surface area (Å²) in [7, 11) is 0. The highest BCUT2D eigenvalue weighted by molar-refractivity contribution is 9.10. The number of halogens is 1. The molecule has 0 unspecified atom stereocenters. The SMILES string of the molecule is CC(CC(=O)Nc1ccccc1)=NNC(=O)COc1ccc2ccccc2c1Br. The van der Waals surface area contributed by atoms with Crippen LogP contribution in [0.1, 0.15) is 13.3 Å². The molecule has 0 saturated heterocycles. The highest BCUT2D eigenvalue weighted by atomic mass is 79.9. The molecule has 3 rings (SSSR count). The van der Waals surface area contributed by atoms with Crippen molar-refractivity contribution in [3.63, 3.8) is 0 Å². The van der Waals surface area contributed by atoms with Gasteiger partial charge in [-0.15, -0.1) is 0 Å². The van der Waals surface area contributed by atoms with Crippen molar-refractivity contribution in [3.05, 3.63) is 71.2 Å². The Morgan fingerprint density at radius 2 is 1.69 bits per heavy atom. The first-order valence-electron chi connectivity index (χ1n) is 9.00. The molecule has 0 spiro atoms. The van der Waals surface area contributed by atoms with Gasteiger partial charge in [0, 0.05) is 11.4 Å². The molecule has 0 bridgehead atoms. The van der Waals surface area contributed by atoms with E-state index in [1.165, 1.54) is 0 Å². The molecule has 0 radical (unpaired) electrons. The number of carbonyl (C=O) groups is 2. The molecule has 0 heterocycles. The number of benzene rings is 3. The summed E-state index contributed by atoms with van der Waals surface area (Å²) >= 11 is 3.52. The quantitative estimate of drug-likeness (QED) is 0.408. The predicted octanol–water partition coefficient (Wildman–Crippen LogP) is 4.50. The van der Waals surface area contributed by atoms with E-state index in [4.69, 9.17) is 4.74 Å². The first-order chi connectivity index (χ1) is 14.0. The molecule has 6 nitrogen and oxygen atoms in total. The topological polar surface area (TPSA) is 79.8 Å². The first-order valence-corrected chi connectivity index (χ1v) is 9.79. The van der Waals surface area contributed by atoms with E-state index < -0.39 is 5.91 Å². The molecule has 0 fully saturated rings. The number of anilines is 1. The second-order valence-electron chi connectivity index (χ2n) is 6.36. The van der Waals surface area contributed by atoms with Gasteiger partial charge in [-0.25, -0.2) is 5.43 Å². The van der Waals surface area contributed by atoms with Crippen LogP contribution in [-0.2, 0) is 9.59 Å². The number of hydrogen-bond acceptors (Lipinski definition) is 4. The van der Waals surface area contributed by atoms with E-state index in [9.17, 15) is 9.59 Å². The van der Waals surface area contributed by atoms with E-state index in [0.717, 1.165) is 15.2 Å². The Hall–Kier alpha value is -3.19. The van der Waals surface area contributed by atoms with Crippen LogP contribution in [0, 0.1) is 0 Å². The standard InChI is InChI=1S/C22H20BrN3O3/c1-15(13-20(27)24-17-8-3-2-4-9-17)25-26-21(28)14-29-19-12-11-16-7-5-6-10-18(16)22(19)23/h2-12H,13-14H2,1H3,(H,24,27)(H,26,28). The summed E-state index contributed by atoms with van der Waals surface area (Å²) in [6, 6.07) is 20.8. The number of nitrogens with zero attached hydrogens (tertiary/aromatic N) is 1. The number of ether oxygens (including phenoxy) is 1. The van der Waals surface area contributed by atoms with Crippen LogP contribution in [0.25, 0.3) is 10.8 Å². The minimum Gasteiger partial charge on any atom is -0.483 e. The van der Waals surface area contributed by atoms with Crippen molar-refractivity contribution < 1.29 is 14.3 Å². The lowest BCUT2D eigenvalue weighted by atomic mass is 10.1. The Balaban J connectivity index is 1.49. The lowest BCUT2D eigenvalue weighted by Gasteiger charge is -2.10. The summed E-state index contributed by atoms with van der Waals surface area (Å²) in [4.78, 5) is 24.0. The van der Waals surface area contributed by atoms with Gasteiger partial charge in [0.25, 0.3) is 5.91 Å². The molecule has 2 N–H and O–H groups in total. The van der Waals surface area contributed by atoms with Gasteiger partial charge in [-0.1, -0.05) is 48.5 Å². The van der Waals surface area contributed by atoms with E-state index in [1.807, 2.05) is 54.6 Å². The molecule has 0 aliphatic rings. The monoisotopic (exact) mass is 453 g/mol. The number of amides is 2. The second-order valence-corrected chi connectivity index (χ2v) is 7.15. The molecule has 3 aromatic carbocycles. The van der Waals surface area contributed by atoms with Gasteiger partial charge in [0.2, 0.25) is 5.91 Å². The molecule has 3 aromatic rings. The summed E-state index contributed by atoms with van der Waals surface area (Å²) < 4.78 is 6.38. The van der Waals surface area contributed by atoms with Gasteiger partial charge in [-0.2, -0.15) is 5.10 Å². The third-order valence-electron chi connectivity index (χ3n) is 4.03. The number of hydrogen-bond donors (Lipinski definition) is 2. The van der Waals surface area contributed by atoms with Gasteiger partial charge in [0.05, 0.1) is 10.9 Å². The van der Waals surface area contributed by atoms with Crippen LogP contribution in [0.3, 0.4) is 0 Å². The molecule has 0 aliphatic heterocycles. The minimum atomic E-state index is -0.409. The predicted molar refractivity (Wildman–Crippen MR) is 118 cm³/mol. The Bertz CT molecular complexity index is 1050. The Kier molecular flexibility index (Phi) is 6.97. The smallest absolute Gasteiger partial charge is 0.277 e. The summed E-state index contributed by atoms with van der Waals surface area (Å²) in [5.74, 6) is -0.0438. The molecule has 0 aromatic heterocycles. The second kappa shape index (κ2) is 9.84. The van der Waals surface area contributed by atoms with Crippen molar-refractivity contribution in [2.45, 2.75) is 13.3 Å². The average molecular weight is 454 g/mol. The normalized spacial score (nSPS) is 11.2. The van der Waals surface area contributed by atoms with Gasteiger partial charge >= 0.3 is 0 Å². The van der Waals surface area contributed by atoms with E-state index in [2.05, 4.69) is 31.8 Å². The number of rotatable bonds is 7. The number of hydrazone groups is 1. The van der Waals surface area contributed by atoms with Crippen molar-refractivity contribution in [3.8, 4) is 5.75 Å². The lowest BCUT2D eigenvalue weighted by molar-refractivity contribution is -0.123. The lowest BCUT2D eigenvalue weighted by Crippen LogP contribution is -2.26. The fourth-order valence-corrected chi connectivity index (χ4v) is 3.26. The third kappa shape index (κ3) is 5.89. The molecule has 148 valence electrons. The van der Waals surface area contributed by atoms with Gasteiger partial charge in [0.1, 0.15) is 5.75 Å². The van der Waals surface area contributed by atoms with Crippen LogP contribution in [0.4, 0.5) is 5.69 Å². The number of para-hydroxylation sites is 1. The fourth-order valence-electron chi connectivity index (χ4n) is 2.66. The zero-order valence-corrected chi connectivity index (χ0v) is 17.4. The van der Waals surface area contributed by atoms with Crippen molar-refractivity contribution in [1.82, 2.24) is 5.43 Å².